The monoisotopic (exact) mass is 258 g/mol. The van der Waals surface area contributed by atoms with Gasteiger partial charge in [0.2, 0.25) is 0 Å². The van der Waals surface area contributed by atoms with Gasteiger partial charge in [0.05, 0.1) is 12.5 Å². The Morgan fingerprint density at radius 1 is 1.25 bits per heavy atom. The quantitative estimate of drug-likeness (QED) is 0.321. The summed E-state index contributed by atoms with van der Waals surface area (Å²) in [6, 6.07) is 0. The molecule has 0 aliphatic rings. The molecule has 2 atom stereocenters. The average molecular weight is 258 g/mol. The first-order chi connectivity index (χ1) is 7.13. The van der Waals surface area contributed by atoms with Gasteiger partial charge in [-0.3, -0.25) is 14.1 Å². The van der Waals surface area contributed by atoms with Crippen LogP contribution in [0.3, 0.4) is 0 Å². The van der Waals surface area contributed by atoms with E-state index in [1.54, 1.807) is 0 Å². The summed E-state index contributed by atoms with van der Waals surface area (Å²) in [4.78, 5) is 37.5. The number of carboxylic acids is 1. The van der Waals surface area contributed by atoms with E-state index in [4.69, 9.17) is 25.1 Å². The normalized spacial score (nSPS) is 15.5. The fourth-order valence-corrected chi connectivity index (χ4v) is 1.03. The fourth-order valence-electron chi connectivity index (χ4n) is 0.738. The topological polar surface area (TPSA) is 162 Å². The minimum atomic E-state index is -4.85. The number of rotatable bonds is 7. The maximum atomic E-state index is 10.9. The molecule has 5 N–H and O–H groups in total. The first kappa shape index (κ1) is 15.2. The Labute approximate surface area is 89.5 Å². The third-order valence-corrected chi connectivity index (χ3v) is 1.92. The number of ketones is 1. The zero-order chi connectivity index (χ0) is 12.9. The number of aliphatic carboxylic acids is 1. The standard InChI is InChI=1S/C6H11O9P/c7-3(1-5(9)10)6(11)4(8)2-15-16(12,13)14/h3,6-7,11H,1-2H2,(H,9,10)(H2,12,13,14)/t3-,6+/m1/s1. The fraction of sp³-hybridized carbons (Fsp3) is 0.667. The van der Waals surface area contributed by atoms with Crippen LogP contribution in [0.25, 0.3) is 0 Å². The first-order valence-electron chi connectivity index (χ1n) is 3.94. The first-order valence-corrected chi connectivity index (χ1v) is 5.47. The molecule has 0 rings (SSSR count). The smallest absolute Gasteiger partial charge is 0.470 e. The van der Waals surface area contributed by atoms with Crippen LogP contribution in [-0.2, 0) is 18.7 Å². The number of aliphatic hydroxyl groups excluding tert-OH is 2. The SMILES string of the molecule is O=C(O)C[C@@H](O)[C@H](O)C(=O)COP(=O)(O)O. The summed E-state index contributed by atoms with van der Waals surface area (Å²) >= 11 is 0. The molecule has 10 heteroatoms. The second-order valence-electron chi connectivity index (χ2n) is 2.84. The second kappa shape index (κ2) is 6.04. The van der Waals surface area contributed by atoms with Crippen molar-refractivity contribution in [3.8, 4) is 0 Å². The number of phosphoric acid groups is 1. The van der Waals surface area contributed by atoms with E-state index < -0.39 is 44.8 Å². The summed E-state index contributed by atoms with van der Waals surface area (Å²) < 4.78 is 14.0. The largest absolute Gasteiger partial charge is 0.481 e. The average Bonchev–Trinajstić information content (AvgIpc) is 2.10. The lowest BCUT2D eigenvalue weighted by molar-refractivity contribution is -0.144. The molecule has 0 aliphatic heterocycles. The molecule has 0 aromatic carbocycles. The molecule has 0 aromatic rings. The highest BCUT2D eigenvalue weighted by Crippen LogP contribution is 2.35. The summed E-state index contributed by atoms with van der Waals surface area (Å²) in [5.74, 6) is -2.66. The maximum Gasteiger partial charge on any atom is 0.470 e. The summed E-state index contributed by atoms with van der Waals surface area (Å²) in [6.07, 6.45) is -4.80. The molecule has 0 heterocycles. The molecule has 0 amide bonds. The summed E-state index contributed by atoms with van der Waals surface area (Å²) in [5, 5.41) is 26.3. The lowest BCUT2D eigenvalue weighted by atomic mass is 10.1. The Balaban J connectivity index is 4.18. The molecular formula is C6H11O9P. The lowest BCUT2D eigenvalue weighted by Gasteiger charge is -2.14. The molecule has 0 aromatic heterocycles. The van der Waals surface area contributed by atoms with Crippen LogP contribution in [0.2, 0.25) is 0 Å². The lowest BCUT2D eigenvalue weighted by Crippen LogP contribution is -2.37. The third-order valence-electron chi connectivity index (χ3n) is 1.45. The predicted molar refractivity (Wildman–Crippen MR) is 47.3 cm³/mol. The molecule has 9 nitrogen and oxygen atoms in total. The van der Waals surface area contributed by atoms with Gasteiger partial charge in [-0.2, -0.15) is 0 Å². The van der Waals surface area contributed by atoms with E-state index >= 15 is 0 Å². The Bertz CT molecular complexity index is 307. The van der Waals surface area contributed by atoms with Crippen molar-refractivity contribution in [3.05, 3.63) is 0 Å². The van der Waals surface area contributed by atoms with Crippen molar-refractivity contribution in [1.29, 1.82) is 0 Å². The molecule has 0 spiro atoms. The molecule has 0 saturated heterocycles. The number of carbonyl (C=O) groups is 2. The maximum absolute atomic E-state index is 10.9. The number of hydrogen-bond acceptors (Lipinski definition) is 6. The van der Waals surface area contributed by atoms with Crippen molar-refractivity contribution < 1.29 is 43.8 Å². The van der Waals surface area contributed by atoms with Gasteiger partial charge in [-0.25, -0.2) is 4.57 Å². The van der Waals surface area contributed by atoms with Crippen molar-refractivity contribution in [3.63, 3.8) is 0 Å². The molecular weight excluding hydrogens is 247 g/mol. The summed E-state index contributed by atoms with van der Waals surface area (Å²) in [6.45, 7) is -1.12. The van der Waals surface area contributed by atoms with E-state index in [2.05, 4.69) is 4.52 Å². The van der Waals surface area contributed by atoms with Crippen LogP contribution in [0.4, 0.5) is 0 Å². The van der Waals surface area contributed by atoms with Gasteiger partial charge in [0.15, 0.2) is 5.78 Å². The minimum Gasteiger partial charge on any atom is -0.481 e. The van der Waals surface area contributed by atoms with Crippen LogP contribution in [0.5, 0.6) is 0 Å². The van der Waals surface area contributed by atoms with Gasteiger partial charge in [0.1, 0.15) is 12.7 Å². The molecule has 0 saturated carbocycles. The molecule has 94 valence electrons. The van der Waals surface area contributed by atoms with Crippen LogP contribution in [-0.4, -0.2) is 55.7 Å². The van der Waals surface area contributed by atoms with Crippen molar-refractivity contribution in [1.82, 2.24) is 0 Å². The van der Waals surface area contributed by atoms with Crippen LogP contribution in [0, 0.1) is 0 Å². The molecule has 0 fully saturated rings. The van der Waals surface area contributed by atoms with Crippen LogP contribution >= 0.6 is 7.82 Å². The number of aliphatic hydroxyl groups is 2. The Kier molecular flexibility index (Phi) is 5.73. The summed E-state index contributed by atoms with van der Waals surface area (Å²) in [7, 11) is -4.85. The van der Waals surface area contributed by atoms with Crippen molar-refractivity contribution in [2.45, 2.75) is 18.6 Å². The molecule has 0 unspecified atom stereocenters. The highest BCUT2D eigenvalue weighted by molar-refractivity contribution is 7.46. The van der Waals surface area contributed by atoms with E-state index in [1.807, 2.05) is 0 Å². The van der Waals surface area contributed by atoms with Crippen LogP contribution in [0.1, 0.15) is 6.42 Å². The van der Waals surface area contributed by atoms with E-state index in [0.29, 0.717) is 0 Å². The number of phosphoric ester groups is 1. The number of carboxylic acid groups (broad SMARTS) is 1. The van der Waals surface area contributed by atoms with Crippen LogP contribution < -0.4 is 0 Å². The third kappa shape index (κ3) is 6.62. The van der Waals surface area contributed by atoms with E-state index in [1.165, 1.54) is 0 Å². The van der Waals surface area contributed by atoms with E-state index in [0.717, 1.165) is 0 Å². The van der Waals surface area contributed by atoms with Gasteiger partial charge in [0.25, 0.3) is 0 Å². The minimum absolute atomic E-state index is 0.872. The van der Waals surface area contributed by atoms with Crippen molar-refractivity contribution in [2.75, 3.05) is 6.61 Å². The zero-order valence-corrected chi connectivity index (χ0v) is 8.78. The van der Waals surface area contributed by atoms with Crippen LogP contribution in [0.15, 0.2) is 0 Å². The van der Waals surface area contributed by atoms with Gasteiger partial charge >= 0.3 is 13.8 Å². The van der Waals surface area contributed by atoms with Gasteiger partial charge in [-0.15, -0.1) is 0 Å². The van der Waals surface area contributed by atoms with Crippen molar-refractivity contribution >= 4 is 19.6 Å². The number of hydrogen-bond donors (Lipinski definition) is 5. The van der Waals surface area contributed by atoms with E-state index in [-0.39, 0.29) is 0 Å². The zero-order valence-electron chi connectivity index (χ0n) is 7.89. The number of carbonyl (C=O) groups excluding carboxylic acids is 1. The molecule has 0 radical (unpaired) electrons. The van der Waals surface area contributed by atoms with E-state index in [9.17, 15) is 14.2 Å². The van der Waals surface area contributed by atoms with Gasteiger partial charge < -0.3 is 25.1 Å². The van der Waals surface area contributed by atoms with Crippen molar-refractivity contribution in [2.24, 2.45) is 0 Å². The Hall–Kier alpha value is -0.830. The highest BCUT2D eigenvalue weighted by atomic mass is 31.2. The molecule has 0 bridgehead atoms. The number of Topliss-reactive ketones (excluding diaryl/α,β-unsaturated/α-hetero) is 1. The highest BCUT2D eigenvalue weighted by Gasteiger charge is 2.28. The Morgan fingerprint density at radius 2 is 1.75 bits per heavy atom. The molecule has 0 aliphatic carbocycles. The van der Waals surface area contributed by atoms with Gasteiger partial charge in [-0.1, -0.05) is 0 Å². The van der Waals surface area contributed by atoms with Gasteiger partial charge in [-0.05, 0) is 0 Å². The predicted octanol–water partition coefficient (Wildman–Crippen LogP) is -2.14. The molecule has 16 heavy (non-hydrogen) atoms. The summed E-state index contributed by atoms with van der Waals surface area (Å²) in [5.41, 5.74) is 0. The Morgan fingerprint density at radius 3 is 2.12 bits per heavy atom. The van der Waals surface area contributed by atoms with Gasteiger partial charge in [0, 0.05) is 0 Å². The second-order valence-corrected chi connectivity index (χ2v) is 4.08.